The van der Waals surface area contributed by atoms with Gasteiger partial charge in [-0.15, -0.1) is 0 Å². The SMILES string of the molecule is N#Cc1ccc(C2CCC(C3CCC(C=O)CC3)CC2)cc1. The largest absolute Gasteiger partial charge is 0.303 e. The Kier molecular flexibility index (Phi) is 4.93. The average Bonchev–Trinajstić information content (AvgIpc) is 2.62. The van der Waals surface area contributed by atoms with Crippen molar-refractivity contribution in [2.24, 2.45) is 17.8 Å². The molecule has 0 spiro atoms. The van der Waals surface area contributed by atoms with Crippen LogP contribution >= 0.6 is 0 Å². The molecule has 2 fully saturated rings. The van der Waals surface area contributed by atoms with Crippen molar-refractivity contribution < 1.29 is 4.79 Å². The third-order valence-electron chi connectivity index (χ3n) is 5.96. The first-order valence-electron chi connectivity index (χ1n) is 8.75. The number of hydrogen-bond donors (Lipinski definition) is 0. The highest BCUT2D eigenvalue weighted by Crippen LogP contribution is 2.43. The van der Waals surface area contributed by atoms with Crippen molar-refractivity contribution in [2.45, 2.75) is 57.3 Å². The van der Waals surface area contributed by atoms with Gasteiger partial charge in [-0.05, 0) is 86.8 Å². The van der Waals surface area contributed by atoms with E-state index in [0.717, 1.165) is 36.5 Å². The van der Waals surface area contributed by atoms with Crippen molar-refractivity contribution in [1.82, 2.24) is 0 Å². The van der Waals surface area contributed by atoms with E-state index in [-0.39, 0.29) is 0 Å². The van der Waals surface area contributed by atoms with E-state index in [1.807, 2.05) is 12.1 Å². The Labute approximate surface area is 133 Å². The highest BCUT2D eigenvalue weighted by molar-refractivity contribution is 5.53. The molecule has 1 aromatic rings. The standard InChI is InChI=1S/C20H25NO/c21-13-15-1-5-17(6-2-15)19-9-11-20(12-10-19)18-7-3-16(14-22)4-8-18/h1-2,5-6,14,16,18-20H,3-4,7-12H2. The third kappa shape index (κ3) is 3.40. The summed E-state index contributed by atoms with van der Waals surface area (Å²) in [7, 11) is 0. The first kappa shape index (κ1) is 15.3. The van der Waals surface area contributed by atoms with E-state index in [0.29, 0.717) is 11.8 Å². The molecule has 0 unspecified atom stereocenters. The Morgan fingerprint density at radius 1 is 0.864 bits per heavy atom. The van der Waals surface area contributed by atoms with Crippen LogP contribution in [-0.2, 0) is 4.79 Å². The van der Waals surface area contributed by atoms with E-state index in [4.69, 9.17) is 5.26 Å². The van der Waals surface area contributed by atoms with E-state index in [1.54, 1.807) is 0 Å². The van der Waals surface area contributed by atoms with E-state index in [9.17, 15) is 4.79 Å². The van der Waals surface area contributed by atoms with Crippen LogP contribution in [0.15, 0.2) is 24.3 Å². The van der Waals surface area contributed by atoms with Gasteiger partial charge in [0.05, 0.1) is 11.6 Å². The fourth-order valence-corrected chi connectivity index (χ4v) is 4.51. The van der Waals surface area contributed by atoms with E-state index < -0.39 is 0 Å². The number of nitriles is 1. The Morgan fingerprint density at radius 3 is 1.91 bits per heavy atom. The zero-order chi connectivity index (χ0) is 15.4. The maximum atomic E-state index is 10.9. The second kappa shape index (κ2) is 7.09. The molecule has 0 atom stereocenters. The maximum absolute atomic E-state index is 10.9. The maximum Gasteiger partial charge on any atom is 0.123 e. The van der Waals surface area contributed by atoms with E-state index in [2.05, 4.69) is 18.2 Å². The van der Waals surface area contributed by atoms with Crippen LogP contribution < -0.4 is 0 Å². The molecule has 0 amide bonds. The van der Waals surface area contributed by atoms with Gasteiger partial charge in [0.25, 0.3) is 0 Å². The molecule has 0 saturated heterocycles. The molecule has 2 saturated carbocycles. The fraction of sp³-hybridized carbons (Fsp3) is 0.600. The van der Waals surface area contributed by atoms with E-state index >= 15 is 0 Å². The molecule has 2 aliphatic carbocycles. The third-order valence-corrected chi connectivity index (χ3v) is 5.96. The second-order valence-corrected chi connectivity index (χ2v) is 7.16. The highest BCUT2D eigenvalue weighted by atomic mass is 16.1. The van der Waals surface area contributed by atoms with Crippen molar-refractivity contribution in [3.05, 3.63) is 35.4 Å². The lowest BCUT2D eigenvalue weighted by Gasteiger charge is -2.37. The van der Waals surface area contributed by atoms with Gasteiger partial charge in [0.2, 0.25) is 0 Å². The van der Waals surface area contributed by atoms with Gasteiger partial charge in [-0.25, -0.2) is 0 Å². The summed E-state index contributed by atoms with van der Waals surface area (Å²) < 4.78 is 0. The quantitative estimate of drug-likeness (QED) is 0.749. The van der Waals surface area contributed by atoms with Gasteiger partial charge in [0.15, 0.2) is 0 Å². The fourth-order valence-electron chi connectivity index (χ4n) is 4.51. The van der Waals surface area contributed by atoms with Crippen molar-refractivity contribution in [1.29, 1.82) is 5.26 Å². The molecule has 22 heavy (non-hydrogen) atoms. The number of carbonyl (C=O) groups is 1. The number of rotatable bonds is 3. The molecule has 0 aliphatic heterocycles. The molecule has 116 valence electrons. The minimum absolute atomic E-state index is 0.339. The molecule has 0 radical (unpaired) electrons. The first-order valence-corrected chi connectivity index (χ1v) is 8.75. The Balaban J connectivity index is 1.52. The summed E-state index contributed by atoms with van der Waals surface area (Å²) >= 11 is 0. The first-order chi connectivity index (χ1) is 10.8. The summed E-state index contributed by atoms with van der Waals surface area (Å²) in [5, 5.41) is 8.88. The van der Waals surface area contributed by atoms with Gasteiger partial charge in [-0.2, -0.15) is 5.26 Å². The van der Waals surface area contributed by atoms with Crippen molar-refractivity contribution >= 4 is 6.29 Å². The summed E-state index contributed by atoms with van der Waals surface area (Å²) in [6, 6.07) is 10.4. The molecule has 2 nitrogen and oxygen atoms in total. The summed E-state index contributed by atoms with van der Waals surface area (Å²) in [6.07, 6.45) is 11.1. The molecule has 2 heteroatoms. The number of aldehydes is 1. The lowest BCUT2D eigenvalue weighted by atomic mass is 9.68. The van der Waals surface area contributed by atoms with E-state index in [1.165, 1.54) is 44.1 Å². The predicted molar refractivity (Wildman–Crippen MR) is 87.4 cm³/mol. The van der Waals surface area contributed by atoms with Crippen LogP contribution in [0.2, 0.25) is 0 Å². The summed E-state index contributed by atoms with van der Waals surface area (Å²) in [5.74, 6) is 2.75. The Hall–Kier alpha value is -1.62. The second-order valence-electron chi connectivity index (χ2n) is 7.16. The smallest absolute Gasteiger partial charge is 0.123 e. The predicted octanol–water partition coefficient (Wildman–Crippen LogP) is 4.84. The van der Waals surface area contributed by atoms with Crippen molar-refractivity contribution in [3.63, 3.8) is 0 Å². The highest BCUT2D eigenvalue weighted by Gasteiger charge is 2.31. The van der Waals surface area contributed by atoms with Crippen molar-refractivity contribution in [3.8, 4) is 6.07 Å². The lowest BCUT2D eigenvalue weighted by molar-refractivity contribution is -0.112. The van der Waals surface area contributed by atoms with Gasteiger partial charge in [0, 0.05) is 5.92 Å². The lowest BCUT2D eigenvalue weighted by Crippen LogP contribution is -2.25. The van der Waals surface area contributed by atoms with Crippen LogP contribution in [0.4, 0.5) is 0 Å². The van der Waals surface area contributed by atoms with Gasteiger partial charge < -0.3 is 4.79 Å². The molecule has 3 rings (SSSR count). The van der Waals surface area contributed by atoms with Crippen LogP contribution in [0.25, 0.3) is 0 Å². The van der Waals surface area contributed by atoms with Gasteiger partial charge >= 0.3 is 0 Å². The molecule has 0 bridgehead atoms. The van der Waals surface area contributed by atoms with Crippen LogP contribution in [0.5, 0.6) is 0 Å². The number of nitrogens with zero attached hydrogens (tertiary/aromatic N) is 1. The zero-order valence-corrected chi connectivity index (χ0v) is 13.2. The molecule has 0 heterocycles. The normalized spacial score (nSPS) is 32.1. The molecular weight excluding hydrogens is 270 g/mol. The number of benzene rings is 1. The Morgan fingerprint density at radius 2 is 1.41 bits per heavy atom. The summed E-state index contributed by atoms with van der Waals surface area (Å²) in [5.41, 5.74) is 2.16. The van der Waals surface area contributed by atoms with Crippen LogP contribution in [0, 0.1) is 29.1 Å². The van der Waals surface area contributed by atoms with Crippen LogP contribution in [0.3, 0.4) is 0 Å². The molecule has 0 aromatic heterocycles. The zero-order valence-electron chi connectivity index (χ0n) is 13.2. The molecule has 2 aliphatic rings. The van der Waals surface area contributed by atoms with Gasteiger partial charge in [-0.3, -0.25) is 0 Å². The Bertz CT molecular complexity index is 526. The monoisotopic (exact) mass is 295 g/mol. The van der Waals surface area contributed by atoms with Crippen LogP contribution in [-0.4, -0.2) is 6.29 Å². The summed E-state index contributed by atoms with van der Waals surface area (Å²) in [6.45, 7) is 0. The van der Waals surface area contributed by atoms with Crippen molar-refractivity contribution in [2.75, 3.05) is 0 Å². The van der Waals surface area contributed by atoms with Crippen LogP contribution in [0.1, 0.15) is 68.4 Å². The minimum Gasteiger partial charge on any atom is -0.303 e. The number of hydrogen-bond acceptors (Lipinski definition) is 2. The summed E-state index contributed by atoms with van der Waals surface area (Å²) in [4.78, 5) is 10.9. The minimum atomic E-state index is 0.339. The topological polar surface area (TPSA) is 40.9 Å². The molecule has 0 N–H and O–H groups in total. The van der Waals surface area contributed by atoms with Gasteiger partial charge in [0.1, 0.15) is 6.29 Å². The van der Waals surface area contributed by atoms with Gasteiger partial charge in [-0.1, -0.05) is 12.1 Å². The average molecular weight is 295 g/mol. The molecule has 1 aromatic carbocycles. The molecular formula is C20H25NO. The number of carbonyl (C=O) groups excluding carboxylic acids is 1.